The molecular formula is C22H23ClN2O2. The molecule has 1 N–H and O–H groups in total. The van der Waals surface area contributed by atoms with Crippen LogP contribution in [0, 0.1) is 0 Å². The monoisotopic (exact) mass is 382 g/mol. The Labute approximate surface area is 164 Å². The number of carbonyl (C=O) groups is 1. The summed E-state index contributed by atoms with van der Waals surface area (Å²) in [5.74, 6) is 1.15. The average Bonchev–Trinajstić information content (AvgIpc) is 3.09. The second-order valence-electron chi connectivity index (χ2n) is 7.47. The molecule has 5 heteroatoms. The lowest BCUT2D eigenvalue weighted by molar-refractivity contribution is -0.116. The van der Waals surface area contributed by atoms with Crippen LogP contribution in [0.1, 0.15) is 38.6 Å². The van der Waals surface area contributed by atoms with Crippen molar-refractivity contribution in [1.29, 1.82) is 0 Å². The molecule has 0 spiro atoms. The van der Waals surface area contributed by atoms with Gasteiger partial charge in [-0.15, -0.1) is 0 Å². The summed E-state index contributed by atoms with van der Waals surface area (Å²) in [6.45, 7) is 6.38. The largest absolute Gasteiger partial charge is 0.441 e. The molecule has 2 aromatic carbocycles. The summed E-state index contributed by atoms with van der Waals surface area (Å²) in [6.07, 6.45) is 2.42. The van der Waals surface area contributed by atoms with E-state index in [1.54, 1.807) is 18.3 Å². The molecule has 1 aromatic heterocycles. The maximum Gasteiger partial charge on any atom is 0.224 e. The molecule has 3 rings (SSSR count). The van der Waals surface area contributed by atoms with Gasteiger partial charge in [-0.25, -0.2) is 4.98 Å². The molecule has 0 aliphatic carbocycles. The number of aromatic nitrogens is 1. The van der Waals surface area contributed by atoms with Crippen LogP contribution in [-0.4, -0.2) is 10.9 Å². The number of benzene rings is 2. The lowest BCUT2D eigenvalue weighted by Gasteiger charge is -2.22. The van der Waals surface area contributed by atoms with E-state index in [0.29, 0.717) is 29.5 Å². The van der Waals surface area contributed by atoms with Crippen molar-refractivity contribution < 1.29 is 9.21 Å². The fourth-order valence-electron chi connectivity index (χ4n) is 2.85. The molecule has 27 heavy (non-hydrogen) atoms. The van der Waals surface area contributed by atoms with Crippen molar-refractivity contribution in [2.45, 2.75) is 39.0 Å². The minimum absolute atomic E-state index is 0.0417. The van der Waals surface area contributed by atoms with E-state index < -0.39 is 0 Å². The Bertz CT molecular complexity index is 924. The third-order valence-corrected chi connectivity index (χ3v) is 4.51. The number of halogens is 1. The van der Waals surface area contributed by atoms with Gasteiger partial charge in [0.25, 0.3) is 0 Å². The number of carbonyl (C=O) groups excluding carboxylic acids is 1. The molecule has 1 heterocycles. The van der Waals surface area contributed by atoms with Crippen LogP contribution in [0.25, 0.3) is 11.3 Å². The Balaban J connectivity index is 1.61. The molecule has 0 atom stereocenters. The Morgan fingerprint density at radius 1 is 1.11 bits per heavy atom. The van der Waals surface area contributed by atoms with E-state index in [-0.39, 0.29) is 11.3 Å². The lowest BCUT2D eigenvalue weighted by Crippen LogP contribution is -2.18. The maximum absolute atomic E-state index is 12.4. The highest BCUT2D eigenvalue weighted by Gasteiger charge is 2.18. The second-order valence-corrected chi connectivity index (χ2v) is 7.91. The summed E-state index contributed by atoms with van der Waals surface area (Å²) < 4.78 is 5.75. The van der Waals surface area contributed by atoms with E-state index in [4.69, 9.17) is 16.0 Å². The molecule has 0 aliphatic heterocycles. The summed E-state index contributed by atoms with van der Waals surface area (Å²) in [6, 6.07) is 15.3. The first kappa shape index (κ1) is 19.2. The predicted octanol–water partition coefficient (Wildman–Crippen LogP) is 5.86. The van der Waals surface area contributed by atoms with Crippen molar-refractivity contribution >= 4 is 23.2 Å². The van der Waals surface area contributed by atoms with Gasteiger partial charge in [0.2, 0.25) is 5.91 Å². The minimum Gasteiger partial charge on any atom is -0.441 e. The van der Waals surface area contributed by atoms with Gasteiger partial charge in [0.05, 0.1) is 6.20 Å². The highest BCUT2D eigenvalue weighted by Crippen LogP contribution is 2.29. The Hall–Kier alpha value is -2.59. The van der Waals surface area contributed by atoms with E-state index >= 15 is 0 Å². The number of aryl methyl sites for hydroxylation is 1. The summed E-state index contributed by atoms with van der Waals surface area (Å²) in [4.78, 5) is 16.7. The summed E-state index contributed by atoms with van der Waals surface area (Å²) in [7, 11) is 0. The van der Waals surface area contributed by atoms with Crippen molar-refractivity contribution in [3.05, 3.63) is 71.2 Å². The van der Waals surface area contributed by atoms with Gasteiger partial charge >= 0.3 is 0 Å². The second kappa shape index (κ2) is 7.97. The molecular weight excluding hydrogens is 360 g/mol. The molecule has 4 nitrogen and oxygen atoms in total. The number of hydrogen-bond donors (Lipinski definition) is 1. The van der Waals surface area contributed by atoms with Gasteiger partial charge in [-0.05, 0) is 41.3 Å². The molecule has 0 aliphatic rings. The molecule has 0 bridgehead atoms. The van der Waals surface area contributed by atoms with Gasteiger partial charge in [-0.3, -0.25) is 4.79 Å². The highest BCUT2D eigenvalue weighted by molar-refractivity contribution is 6.30. The van der Waals surface area contributed by atoms with E-state index in [1.165, 1.54) is 0 Å². The van der Waals surface area contributed by atoms with E-state index in [9.17, 15) is 4.79 Å². The Morgan fingerprint density at radius 3 is 2.52 bits per heavy atom. The quantitative estimate of drug-likeness (QED) is 0.600. The molecule has 3 aromatic rings. The molecule has 1 amide bonds. The van der Waals surface area contributed by atoms with Gasteiger partial charge in [0.1, 0.15) is 0 Å². The molecule has 140 valence electrons. The van der Waals surface area contributed by atoms with Gasteiger partial charge in [-0.1, -0.05) is 50.6 Å². The first-order chi connectivity index (χ1) is 12.8. The van der Waals surface area contributed by atoms with Crippen LogP contribution in [0.2, 0.25) is 5.02 Å². The van der Waals surface area contributed by atoms with Crippen molar-refractivity contribution in [2.75, 3.05) is 5.32 Å². The highest BCUT2D eigenvalue weighted by atomic mass is 35.5. The predicted molar refractivity (Wildman–Crippen MR) is 109 cm³/mol. The number of rotatable bonds is 5. The number of amides is 1. The van der Waals surface area contributed by atoms with Gasteiger partial charge in [0, 0.05) is 29.1 Å². The summed E-state index contributed by atoms with van der Waals surface area (Å²) in [5.41, 5.74) is 2.82. The fraction of sp³-hybridized carbons (Fsp3) is 0.273. The van der Waals surface area contributed by atoms with E-state index in [0.717, 1.165) is 16.8 Å². The van der Waals surface area contributed by atoms with Crippen molar-refractivity contribution in [3.63, 3.8) is 0 Å². The van der Waals surface area contributed by atoms with Crippen LogP contribution >= 0.6 is 11.6 Å². The average molecular weight is 383 g/mol. The number of hydrogen-bond acceptors (Lipinski definition) is 3. The van der Waals surface area contributed by atoms with Crippen LogP contribution in [-0.2, 0) is 16.6 Å². The standard InChI is InChI=1S/C22H23ClN2O2/c1-22(2,3)17-6-4-5-7-18(17)25-20(26)12-13-21-24-14-19(27-21)15-8-10-16(23)11-9-15/h4-11,14H,12-13H2,1-3H3,(H,25,26). The van der Waals surface area contributed by atoms with Gasteiger partial charge in [0.15, 0.2) is 11.7 Å². The zero-order valence-corrected chi connectivity index (χ0v) is 16.5. The topological polar surface area (TPSA) is 55.1 Å². The molecule has 0 unspecified atom stereocenters. The zero-order chi connectivity index (χ0) is 19.4. The normalized spacial score (nSPS) is 11.4. The van der Waals surface area contributed by atoms with Gasteiger partial charge < -0.3 is 9.73 Å². The van der Waals surface area contributed by atoms with Crippen LogP contribution in [0.15, 0.2) is 59.1 Å². The van der Waals surface area contributed by atoms with Crippen molar-refractivity contribution in [3.8, 4) is 11.3 Å². The number of para-hydroxylation sites is 1. The fourth-order valence-corrected chi connectivity index (χ4v) is 2.98. The van der Waals surface area contributed by atoms with E-state index in [2.05, 4.69) is 31.1 Å². The number of nitrogens with zero attached hydrogens (tertiary/aromatic N) is 1. The minimum atomic E-state index is -0.0575. The van der Waals surface area contributed by atoms with Crippen molar-refractivity contribution in [2.24, 2.45) is 0 Å². The maximum atomic E-state index is 12.4. The summed E-state index contributed by atoms with van der Waals surface area (Å²) >= 11 is 5.90. The SMILES string of the molecule is CC(C)(C)c1ccccc1NC(=O)CCc1ncc(-c2ccc(Cl)cc2)o1. The lowest BCUT2D eigenvalue weighted by atomic mass is 9.86. The van der Waals surface area contributed by atoms with Crippen LogP contribution in [0.5, 0.6) is 0 Å². The van der Waals surface area contributed by atoms with Crippen LogP contribution in [0.3, 0.4) is 0 Å². The summed E-state index contributed by atoms with van der Waals surface area (Å²) in [5, 5.41) is 3.68. The number of anilines is 1. The molecule has 0 radical (unpaired) electrons. The van der Waals surface area contributed by atoms with Gasteiger partial charge in [-0.2, -0.15) is 0 Å². The molecule has 0 fully saturated rings. The smallest absolute Gasteiger partial charge is 0.224 e. The molecule has 0 saturated heterocycles. The first-order valence-corrected chi connectivity index (χ1v) is 9.31. The first-order valence-electron chi connectivity index (χ1n) is 8.93. The number of nitrogens with one attached hydrogen (secondary N) is 1. The Kier molecular flexibility index (Phi) is 5.66. The number of oxazole rings is 1. The Morgan fingerprint density at radius 2 is 1.81 bits per heavy atom. The van der Waals surface area contributed by atoms with Crippen molar-refractivity contribution in [1.82, 2.24) is 4.98 Å². The van der Waals surface area contributed by atoms with Crippen LogP contribution in [0.4, 0.5) is 5.69 Å². The van der Waals surface area contributed by atoms with E-state index in [1.807, 2.05) is 36.4 Å². The molecule has 0 saturated carbocycles. The third kappa shape index (κ3) is 4.98. The zero-order valence-electron chi connectivity index (χ0n) is 15.8. The third-order valence-electron chi connectivity index (χ3n) is 4.26. The van der Waals surface area contributed by atoms with Crippen LogP contribution < -0.4 is 5.32 Å².